The van der Waals surface area contributed by atoms with E-state index in [9.17, 15) is 9.59 Å². The first-order chi connectivity index (χ1) is 16.0. The fraction of sp³-hybridized carbons (Fsp3) is 0.333. The van der Waals surface area contributed by atoms with Crippen LogP contribution in [0.3, 0.4) is 0 Å². The van der Waals surface area contributed by atoms with E-state index in [4.69, 9.17) is 9.47 Å². The number of para-hydroxylation sites is 1. The Kier molecular flexibility index (Phi) is 5.45. The topological polar surface area (TPSA) is 99.8 Å². The van der Waals surface area contributed by atoms with Crippen molar-refractivity contribution in [1.29, 1.82) is 0 Å². The standard InChI is InChI=1S/C24H25N5O4/c1-15(2)13-28-23(31)17-5-3-4-6-18(17)29-21(26-27-24(28)29)9-10-22(30)25-12-16-7-8-19-20(11-16)33-14-32-19/h3-8,11,15H,9-10,12-14H2,1-2H3,(H,25,30). The molecule has 0 spiro atoms. The Balaban J connectivity index is 1.35. The quantitative estimate of drug-likeness (QED) is 0.468. The summed E-state index contributed by atoms with van der Waals surface area (Å²) in [6.45, 7) is 5.27. The highest BCUT2D eigenvalue weighted by atomic mass is 16.7. The van der Waals surface area contributed by atoms with Crippen molar-refractivity contribution >= 4 is 22.6 Å². The zero-order valence-corrected chi connectivity index (χ0v) is 18.6. The van der Waals surface area contributed by atoms with Gasteiger partial charge in [0.2, 0.25) is 18.5 Å². The predicted octanol–water partition coefficient (Wildman–Crippen LogP) is 2.68. The Morgan fingerprint density at radius 3 is 2.79 bits per heavy atom. The van der Waals surface area contributed by atoms with Crippen LogP contribution in [0.1, 0.15) is 31.7 Å². The highest BCUT2D eigenvalue weighted by Crippen LogP contribution is 2.32. The molecule has 3 heterocycles. The molecule has 1 N–H and O–H groups in total. The lowest BCUT2D eigenvalue weighted by atomic mass is 10.2. The molecule has 0 radical (unpaired) electrons. The van der Waals surface area contributed by atoms with Gasteiger partial charge < -0.3 is 14.8 Å². The molecule has 0 saturated carbocycles. The molecule has 1 aliphatic heterocycles. The first-order valence-electron chi connectivity index (χ1n) is 11.0. The lowest BCUT2D eigenvalue weighted by Crippen LogP contribution is -2.26. The van der Waals surface area contributed by atoms with E-state index in [1.807, 2.05) is 46.9 Å². The van der Waals surface area contributed by atoms with Crippen molar-refractivity contribution in [2.75, 3.05) is 6.79 Å². The molecule has 0 saturated heterocycles. The highest BCUT2D eigenvalue weighted by molar-refractivity contribution is 5.80. The summed E-state index contributed by atoms with van der Waals surface area (Å²) >= 11 is 0. The molecule has 33 heavy (non-hydrogen) atoms. The third-order valence-corrected chi connectivity index (χ3v) is 5.62. The fourth-order valence-corrected chi connectivity index (χ4v) is 4.07. The zero-order valence-electron chi connectivity index (χ0n) is 18.6. The minimum absolute atomic E-state index is 0.0766. The fourth-order valence-electron chi connectivity index (χ4n) is 4.07. The molecule has 2 aromatic carbocycles. The van der Waals surface area contributed by atoms with Crippen LogP contribution in [0.4, 0.5) is 0 Å². The Morgan fingerprint density at radius 1 is 1.12 bits per heavy atom. The smallest absolute Gasteiger partial charge is 0.262 e. The first-order valence-corrected chi connectivity index (χ1v) is 11.0. The molecule has 0 fully saturated rings. The van der Waals surface area contributed by atoms with E-state index in [1.54, 1.807) is 4.57 Å². The lowest BCUT2D eigenvalue weighted by Gasteiger charge is -2.13. The van der Waals surface area contributed by atoms with Crippen molar-refractivity contribution < 1.29 is 14.3 Å². The van der Waals surface area contributed by atoms with E-state index in [2.05, 4.69) is 29.4 Å². The first kappa shape index (κ1) is 21.0. The van der Waals surface area contributed by atoms with Crippen molar-refractivity contribution in [3.8, 4) is 11.5 Å². The average Bonchev–Trinajstić information content (AvgIpc) is 3.45. The number of carbonyl (C=O) groups is 1. The Hall–Kier alpha value is -3.88. The van der Waals surface area contributed by atoms with Crippen LogP contribution in [-0.4, -0.2) is 31.9 Å². The van der Waals surface area contributed by atoms with Gasteiger partial charge in [0, 0.05) is 25.9 Å². The van der Waals surface area contributed by atoms with E-state index in [0.717, 1.165) is 11.1 Å². The van der Waals surface area contributed by atoms with Crippen LogP contribution in [0.15, 0.2) is 47.3 Å². The van der Waals surface area contributed by atoms with E-state index in [1.165, 1.54) is 0 Å². The summed E-state index contributed by atoms with van der Waals surface area (Å²) in [5.41, 5.74) is 1.61. The predicted molar refractivity (Wildman–Crippen MR) is 122 cm³/mol. The Bertz CT molecular complexity index is 1410. The highest BCUT2D eigenvalue weighted by Gasteiger charge is 2.18. The number of benzene rings is 2. The monoisotopic (exact) mass is 447 g/mol. The maximum absolute atomic E-state index is 13.0. The molecule has 1 aliphatic rings. The number of hydrogen-bond donors (Lipinski definition) is 1. The average molecular weight is 447 g/mol. The third-order valence-electron chi connectivity index (χ3n) is 5.62. The maximum Gasteiger partial charge on any atom is 0.262 e. The molecule has 0 aliphatic carbocycles. The second-order valence-corrected chi connectivity index (χ2v) is 8.54. The largest absolute Gasteiger partial charge is 0.454 e. The summed E-state index contributed by atoms with van der Waals surface area (Å²) in [5, 5.41) is 12.2. The second kappa shape index (κ2) is 8.57. The molecule has 9 nitrogen and oxygen atoms in total. The van der Waals surface area contributed by atoms with Gasteiger partial charge in [-0.3, -0.25) is 18.6 Å². The zero-order chi connectivity index (χ0) is 22.9. The number of ether oxygens (including phenoxy) is 2. The maximum atomic E-state index is 13.0. The molecule has 9 heteroatoms. The number of nitrogens with one attached hydrogen (secondary N) is 1. The van der Waals surface area contributed by atoms with Crippen molar-refractivity contribution in [2.45, 2.75) is 39.8 Å². The van der Waals surface area contributed by atoms with Gasteiger partial charge in [-0.05, 0) is 35.7 Å². The van der Waals surface area contributed by atoms with Crippen molar-refractivity contribution in [1.82, 2.24) is 24.5 Å². The van der Waals surface area contributed by atoms with Crippen molar-refractivity contribution in [3.63, 3.8) is 0 Å². The number of fused-ring (bicyclic) bond motifs is 4. The molecule has 0 atom stereocenters. The van der Waals surface area contributed by atoms with Crippen LogP contribution in [0, 0.1) is 5.92 Å². The second-order valence-electron chi connectivity index (χ2n) is 8.54. The number of aromatic nitrogens is 4. The molecule has 0 unspecified atom stereocenters. The summed E-state index contributed by atoms with van der Waals surface area (Å²) in [7, 11) is 0. The summed E-state index contributed by atoms with van der Waals surface area (Å²) in [4.78, 5) is 25.6. The Labute approximate surface area is 190 Å². The molecule has 4 aromatic rings. The molecule has 2 aromatic heterocycles. The van der Waals surface area contributed by atoms with Crippen LogP contribution < -0.4 is 20.3 Å². The minimum atomic E-state index is -0.0933. The van der Waals surface area contributed by atoms with Gasteiger partial charge in [0.15, 0.2) is 11.5 Å². The van der Waals surface area contributed by atoms with E-state index < -0.39 is 0 Å². The number of aryl methyl sites for hydroxylation is 1. The third kappa shape index (κ3) is 4.02. The van der Waals surface area contributed by atoms with Gasteiger partial charge in [0.25, 0.3) is 5.56 Å². The van der Waals surface area contributed by atoms with Crippen LogP contribution in [0.2, 0.25) is 0 Å². The summed E-state index contributed by atoms with van der Waals surface area (Å²) in [5.74, 6) is 2.74. The van der Waals surface area contributed by atoms with Gasteiger partial charge in [0.05, 0.1) is 10.9 Å². The molecule has 170 valence electrons. The van der Waals surface area contributed by atoms with Gasteiger partial charge in [-0.25, -0.2) is 0 Å². The molecular formula is C24H25N5O4. The van der Waals surface area contributed by atoms with Gasteiger partial charge in [-0.1, -0.05) is 32.0 Å². The number of hydrogen-bond acceptors (Lipinski definition) is 6. The summed E-state index contributed by atoms with van der Waals surface area (Å²) < 4.78 is 14.3. The van der Waals surface area contributed by atoms with Crippen LogP contribution in [0.25, 0.3) is 16.7 Å². The number of carbonyl (C=O) groups excluding carboxylic acids is 1. The van der Waals surface area contributed by atoms with Crippen LogP contribution >= 0.6 is 0 Å². The van der Waals surface area contributed by atoms with Crippen molar-refractivity contribution in [3.05, 3.63) is 64.2 Å². The summed E-state index contributed by atoms with van der Waals surface area (Å²) in [6, 6.07) is 13.0. The van der Waals surface area contributed by atoms with Gasteiger partial charge in [0.1, 0.15) is 5.82 Å². The molecular weight excluding hydrogens is 422 g/mol. The van der Waals surface area contributed by atoms with E-state index in [0.29, 0.717) is 48.0 Å². The molecule has 5 rings (SSSR count). The van der Waals surface area contributed by atoms with Gasteiger partial charge in [-0.2, -0.15) is 0 Å². The molecule has 0 bridgehead atoms. The number of nitrogens with zero attached hydrogens (tertiary/aromatic N) is 4. The number of rotatable bonds is 7. The normalized spacial score (nSPS) is 12.7. The van der Waals surface area contributed by atoms with Crippen LogP contribution in [-0.2, 0) is 24.3 Å². The lowest BCUT2D eigenvalue weighted by molar-refractivity contribution is -0.121. The molecule has 1 amide bonds. The SMILES string of the molecule is CC(C)Cn1c(=O)c2ccccc2n2c(CCC(=O)NCc3ccc4c(c3)OCO4)nnc12. The van der Waals surface area contributed by atoms with E-state index >= 15 is 0 Å². The minimum Gasteiger partial charge on any atom is -0.454 e. The Morgan fingerprint density at radius 2 is 1.94 bits per heavy atom. The van der Waals surface area contributed by atoms with Crippen molar-refractivity contribution in [2.24, 2.45) is 5.92 Å². The van der Waals surface area contributed by atoms with E-state index in [-0.39, 0.29) is 30.6 Å². The number of amides is 1. The van der Waals surface area contributed by atoms with Gasteiger partial charge >= 0.3 is 0 Å². The van der Waals surface area contributed by atoms with Gasteiger partial charge in [-0.15, -0.1) is 10.2 Å². The summed E-state index contributed by atoms with van der Waals surface area (Å²) in [6.07, 6.45) is 0.654. The van der Waals surface area contributed by atoms with Crippen LogP contribution in [0.5, 0.6) is 11.5 Å².